The van der Waals surface area contributed by atoms with Crippen LogP contribution in [0.15, 0.2) is 170 Å². The number of rotatable bonds is 3. The van der Waals surface area contributed by atoms with Crippen LogP contribution in [-0.2, 0) is 0 Å². The summed E-state index contributed by atoms with van der Waals surface area (Å²) in [4.78, 5) is 0. The van der Waals surface area contributed by atoms with Gasteiger partial charge >= 0.3 is 0 Å². The minimum absolute atomic E-state index is 1.23. The number of benzene rings is 9. The van der Waals surface area contributed by atoms with E-state index in [1.807, 2.05) is 0 Å². The maximum absolute atomic E-state index is 2.39. The molecule has 9 rings (SSSR count). The van der Waals surface area contributed by atoms with Gasteiger partial charge in [-0.15, -0.1) is 0 Å². The van der Waals surface area contributed by atoms with Crippen LogP contribution in [0.3, 0.4) is 0 Å². The van der Waals surface area contributed by atoms with E-state index in [9.17, 15) is 0 Å². The molecule has 44 heavy (non-hydrogen) atoms. The SMILES string of the molecule is c1ccc(-c2c3ccccc3c(-c3cccc(-c4cc5ccc6ccccc6c5c5ccccc45)c3)c3ccccc23)cc1. The van der Waals surface area contributed by atoms with E-state index in [4.69, 9.17) is 0 Å². The Labute approximate surface area is 256 Å². The molecule has 0 spiro atoms. The summed E-state index contributed by atoms with van der Waals surface area (Å²) in [7, 11) is 0. The first-order chi connectivity index (χ1) is 21.8. The smallest absolute Gasteiger partial charge is 0.00262 e. The molecule has 0 saturated heterocycles. The summed E-state index contributed by atoms with van der Waals surface area (Å²) in [5.74, 6) is 0. The fraction of sp³-hybridized carbons (Fsp3) is 0. The van der Waals surface area contributed by atoms with Crippen LogP contribution in [0, 0.1) is 0 Å². The quantitative estimate of drug-likeness (QED) is 0.150. The fourth-order valence-electron chi connectivity index (χ4n) is 7.31. The second-order valence-electron chi connectivity index (χ2n) is 11.6. The molecule has 0 aliphatic rings. The summed E-state index contributed by atoms with van der Waals surface area (Å²) in [5.41, 5.74) is 7.56. The molecule has 0 amide bonds. The van der Waals surface area contributed by atoms with Gasteiger partial charge in [0.2, 0.25) is 0 Å². The van der Waals surface area contributed by atoms with Gasteiger partial charge < -0.3 is 0 Å². The van der Waals surface area contributed by atoms with Crippen LogP contribution in [0.25, 0.3) is 87.2 Å². The van der Waals surface area contributed by atoms with Crippen molar-refractivity contribution in [1.29, 1.82) is 0 Å². The van der Waals surface area contributed by atoms with Crippen molar-refractivity contribution >= 4 is 53.9 Å². The lowest BCUT2D eigenvalue weighted by atomic mass is 9.85. The third-order valence-electron chi connectivity index (χ3n) is 9.20. The van der Waals surface area contributed by atoms with Gasteiger partial charge in [-0.25, -0.2) is 0 Å². The molecule has 0 aliphatic carbocycles. The highest BCUT2D eigenvalue weighted by Gasteiger charge is 2.17. The molecule has 9 aromatic rings. The highest BCUT2D eigenvalue weighted by Crippen LogP contribution is 2.45. The molecule has 0 heterocycles. The summed E-state index contributed by atoms with van der Waals surface area (Å²) in [6, 6.07) is 62.3. The highest BCUT2D eigenvalue weighted by atomic mass is 14.2. The average Bonchev–Trinajstić information content (AvgIpc) is 3.10. The Hall–Kier alpha value is -5.72. The van der Waals surface area contributed by atoms with Gasteiger partial charge in [0.1, 0.15) is 0 Å². The maximum Gasteiger partial charge on any atom is -0.00262 e. The summed E-state index contributed by atoms with van der Waals surface area (Å²) < 4.78 is 0. The third kappa shape index (κ3) is 3.78. The molecule has 204 valence electrons. The largest absolute Gasteiger partial charge is 0.0622 e. The molecule has 0 N–H and O–H groups in total. The van der Waals surface area contributed by atoms with Crippen LogP contribution in [0.4, 0.5) is 0 Å². The van der Waals surface area contributed by atoms with E-state index in [1.54, 1.807) is 0 Å². The number of fused-ring (bicyclic) bond motifs is 7. The molecule has 0 saturated carbocycles. The zero-order chi connectivity index (χ0) is 29.0. The van der Waals surface area contributed by atoms with Crippen molar-refractivity contribution < 1.29 is 0 Å². The van der Waals surface area contributed by atoms with E-state index in [0.29, 0.717) is 0 Å². The van der Waals surface area contributed by atoms with E-state index >= 15 is 0 Å². The van der Waals surface area contributed by atoms with E-state index < -0.39 is 0 Å². The lowest BCUT2D eigenvalue weighted by Gasteiger charge is -2.18. The van der Waals surface area contributed by atoms with Crippen LogP contribution in [-0.4, -0.2) is 0 Å². The summed E-state index contributed by atoms with van der Waals surface area (Å²) >= 11 is 0. The van der Waals surface area contributed by atoms with Gasteiger partial charge in [0, 0.05) is 0 Å². The normalized spacial score (nSPS) is 11.6. The van der Waals surface area contributed by atoms with Crippen molar-refractivity contribution in [3.05, 3.63) is 170 Å². The van der Waals surface area contributed by atoms with Crippen LogP contribution in [0.1, 0.15) is 0 Å². The van der Waals surface area contributed by atoms with Gasteiger partial charge in [0.05, 0.1) is 0 Å². The second-order valence-corrected chi connectivity index (χ2v) is 11.6. The van der Waals surface area contributed by atoms with Crippen molar-refractivity contribution in [1.82, 2.24) is 0 Å². The summed E-state index contributed by atoms with van der Waals surface area (Å²) in [6.07, 6.45) is 0. The van der Waals surface area contributed by atoms with Gasteiger partial charge in [-0.1, -0.05) is 158 Å². The Morgan fingerprint density at radius 1 is 0.250 bits per heavy atom. The van der Waals surface area contributed by atoms with Gasteiger partial charge in [0.25, 0.3) is 0 Å². The molecule has 0 bridgehead atoms. The molecule has 0 heteroatoms. The van der Waals surface area contributed by atoms with E-state index in [2.05, 4.69) is 170 Å². The lowest BCUT2D eigenvalue weighted by Crippen LogP contribution is -1.91. The van der Waals surface area contributed by atoms with E-state index in [1.165, 1.54) is 87.2 Å². The molecule has 0 aromatic heterocycles. The summed E-state index contributed by atoms with van der Waals surface area (Å²) in [6.45, 7) is 0. The number of hydrogen-bond acceptors (Lipinski definition) is 0. The Kier molecular flexibility index (Phi) is 5.61. The molecule has 0 unspecified atom stereocenters. The Morgan fingerprint density at radius 3 is 1.41 bits per heavy atom. The minimum Gasteiger partial charge on any atom is -0.0622 e. The van der Waals surface area contributed by atoms with Crippen LogP contribution >= 0.6 is 0 Å². The maximum atomic E-state index is 2.39. The Bertz CT molecular complexity index is 2480. The summed E-state index contributed by atoms with van der Waals surface area (Å²) in [5, 5.41) is 12.9. The van der Waals surface area contributed by atoms with E-state index in [-0.39, 0.29) is 0 Å². The first kappa shape index (κ1) is 24.8. The Morgan fingerprint density at radius 2 is 0.727 bits per heavy atom. The Balaban J connectivity index is 1.33. The van der Waals surface area contributed by atoms with Crippen molar-refractivity contribution in [2.24, 2.45) is 0 Å². The molecule has 0 atom stereocenters. The predicted octanol–water partition coefficient (Wildman–Crippen LogP) is 12.5. The molecule has 0 aliphatic heterocycles. The topological polar surface area (TPSA) is 0 Å². The third-order valence-corrected chi connectivity index (χ3v) is 9.20. The minimum atomic E-state index is 1.23. The zero-order valence-electron chi connectivity index (χ0n) is 24.2. The van der Waals surface area contributed by atoms with Crippen LogP contribution in [0.2, 0.25) is 0 Å². The number of hydrogen-bond donors (Lipinski definition) is 0. The fourth-order valence-corrected chi connectivity index (χ4v) is 7.31. The second kappa shape index (κ2) is 9.93. The van der Waals surface area contributed by atoms with Gasteiger partial charge in [0.15, 0.2) is 0 Å². The molecular weight excluding hydrogens is 528 g/mol. The van der Waals surface area contributed by atoms with Crippen LogP contribution < -0.4 is 0 Å². The van der Waals surface area contributed by atoms with Gasteiger partial charge in [-0.3, -0.25) is 0 Å². The monoisotopic (exact) mass is 556 g/mol. The van der Waals surface area contributed by atoms with Gasteiger partial charge in [-0.05, 0) is 99.4 Å². The first-order valence-electron chi connectivity index (χ1n) is 15.3. The molecular formula is C44H28. The average molecular weight is 557 g/mol. The van der Waals surface area contributed by atoms with E-state index in [0.717, 1.165) is 0 Å². The first-order valence-corrected chi connectivity index (χ1v) is 15.3. The molecule has 0 nitrogen and oxygen atoms in total. The molecule has 0 radical (unpaired) electrons. The highest BCUT2D eigenvalue weighted by molar-refractivity contribution is 6.24. The molecule has 9 aromatic carbocycles. The lowest BCUT2D eigenvalue weighted by molar-refractivity contribution is 1.64. The van der Waals surface area contributed by atoms with Gasteiger partial charge in [-0.2, -0.15) is 0 Å². The molecule has 0 fully saturated rings. The predicted molar refractivity (Wildman–Crippen MR) is 190 cm³/mol. The van der Waals surface area contributed by atoms with Crippen molar-refractivity contribution in [3.63, 3.8) is 0 Å². The zero-order valence-corrected chi connectivity index (χ0v) is 24.2. The standard InChI is InChI=1S/C44H28/c1-2-14-30(15-3-1)42-37-21-8-10-23-39(37)44(40-24-11-9-22-38(40)42)32-17-12-16-31(27-32)41-28-33-26-25-29-13-4-5-18-34(29)43(33)36-20-7-6-19-35(36)41/h1-28H. The van der Waals surface area contributed by atoms with Crippen molar-refractivity contribution in [2.45, 2.75) is 0 Å². The van der Waals surface area contributed by atoms with Crippen molar-refractivity contribution in [3.8, 4) is 33.4 Å². The van der Waals surface area contributed by atoms with Crippen LogP contribution in [0.5, 0.6) is 0 Å². The van der Waals surface area contributed by atoms with Crippen molar-refractivity contribution in [2.75, 3.05) is 0 Å².